The van der Waals surface area contributed by atoms with Gasteiger partial charge in [0.15, 0.2) is 16.6 Å². The molecule has 1 fully saturated rings. The maximum Gasteiger partial charge on any atom is 0.169 e. The molecule has 178 valence electrons. The number of aryl methyl sites for hydroxylation is 1. The maximum atomic E-state index is 6.30. The molecule has 2 aromatic rings. The van der Waals surface area contributed by atoms with Crippen molar-refractivity contribution in [3.8, 4) is 17.2 Å². The number of methoxy groups -OCH3 is 2. The normalized spacial score (nSPS) is 18.4. The number of ether oxygens (including phenoxy) is 3. The molecule has 1 unspecified atom stereocenters. The monoisotopic (exact) mass is 468 g/mol. The molecule has 1 aliphatic heterocycles. The summed E-state index contributed by atoms with van der Waals surface area (Å²) in [6.45, 7) is 3.53. The molecule has 1 saturated carbocycles. The second-order valence-corrected chi connectivity index (χ2v) is 9.34. The summed E-state index contributed by atoms with van der Waals surface area (Å²) in [6, 6.07) is 13.0. The predicted molar refractivity (Wildman–Crippen MR) is 137 cm³/mol. The largest absolute Gasteiger partial charge is 0.493 e. The Kier molecular flexibility index (Phi) is 7.97. The molecule has 0 radical (unpaired) electrons. The Hall–Kier alpha value is -2.47. The molecule has 0 amide bonds. The topological polar surface area (TPSA) is 43.0 Å². The molecule has 0 aromatic heterocycles. The van der Waals surface area contributed by atoms with E-state index in [1.54, 1.807) is 14.2 Å². The number of rotatable bonds is 7. The standard InChI is InChI=1S/C27H36N2O3S/c1-4-19-10-12-22(13-11-19)32-18-24-23-17-26(31-3)25(30-2)16-20(23)14-15-29(24)27(33)28-21-8-6-5-7-9-21/h10-13,16-17,21,24H,4-9,14-15,18H2,1-3H3,(H,28,33). The van der Waals surface area contributed by atoms with E-state index in [9.17, 15) is 0 Å². The molecule has 1 atom stereocenters. The molecular weight excluding hydrogens is 432 g/mol. The van der Waals surface area contributed by atoms with E-state index >= 15 is 0 Å². The van der Waals surface area contributed by atoms with Gasteiger partial charge in [-0.15, -0.1) is 0 Å². The first-order valence-corrected chi connectivity index (χ1v) is 12.6. The highest BCUT2D eigenvalue weighted by molar-refractivity contribution is 7.80. The number of nitrogens with zero attached hydrogens (tertiary/aromatic N) is 1. The molecule has 5 nitrogen and oxygen atoms in total. The molecule has 6 heteroatoms. The van der Waals surface area contributed by atoms with E-state index in [0.29, 0.717) is 12.6 Å². The lowest BCUT2D eigenvalue weighted by atomic mass is 9.92. The van der Waals surface area contributed by atoms with E-state index in [-0.39, 0.29) is 6.04 Å². The van der Waals surface area contributed by atoms with E-state index in [4.69, 9.17) is 26.4 Å². The molecule has 0 saturated heterocycles. The average Bonchev–Trinajstić information content (AvgIpc) is 2.87. The second-order valence-electron chi connectivity index (χ2n) is 8.96. The fraction of sp³-hybridized carbons (Fsp3) is 0.519. The highest BCUT2D eigenvalue weighted by Gasteiger charge is 2.32. The van der Waals surface area contributed by atoms with Crippen molar-refractivity contribution in [1.82, 2.24) is 10.2 Å². The number of hydrogen-bond donors (Lipinski definition) is 1. The molecular formula is C27H36N2O3S. The minimum absolute atomic E-state index is 0.00278. The minimum atomic E-state index is 0.00278. The van der Waals surface area contributed by atoms with Crippen LogP contribution >= 0.6 is 12.2 Å². The van der Waals surface area contributed by atoms with Crippen LogP contribution in [-0.4, -0.2) is 43.4 Å². The molecule has 2 aliphatic rings. The van der Waals surface area contributed by atoms with Crippen LogP contribution < -0.4 is 19.5 Å². The fourth-order valence-electron chi connectivity index (χ4n) is 4.95. The summed E-state index contributed by atoms with van der Waals surface area (Å²) in [4.78, 5) is 2.30. The van der Waals surface area contributed by atoms with Gasteiger partial charge in [-0.05, 0) is 78.9 Å². The van der Waals surface area contributed by atoms with Crippen LogP contribution in [0.4, 0.5) is 0 Å². The minimum Gasteiger partial charge on any atom is -0.493 e. The SMILES string of the molecule is CCc1ccc(OCC2c3cc(OC)c(OC)cc3CCN2C(=S)NC2CCCCC2)cc1. The summed E-state index contributed by atoms with van der Waals surface area (Å²) in [5.41, 5.74) is 3.76. The Morgan fingerprint density at radius 3 is 2.39 bits per heavy atom. The Bertz CT molecular complexity index is 941. The highest BCUT2D eigenvalue weighted by Crippen LogP contribution is 2.38. The molecule has 1 aliphatic carbocycles. The first-order valence-electron chi connectivity index (χ1n) is 12.2. The van der Waals surface area contributed by atoms with E-state index in [1.807, 2.05) is 0 Å². The van der Waals surface area contributed by atoms with Gasteiger partial charge in [0.05, 0.1) is 20.3 Å². The van der Waals surface area contributed by atoms with Crippen molar-refractivity contribution in [1.29, 1.82) is 0 Å². The van der Waals surface area contributed by atoms with Crippen molar-refractivity contribution in [2.45, 2.75) is 64.0 Å². The number of benzene rings is 2. The lowest BCUT2D eigenvalue weighted by Gasteiger charge is -2.40. The van der Waals surface area contributed by atoms with Gasteiger partial charge < -0.3 is 24.4 Å². The Labute approximate surface area is 203 Å². The van der Waals surface area contributed by atoms with Crippen LogP contribution in [0.25, 0.3) is 0 Å². The van der Waals surface area contributed by atoms with Crippen molar-refractivity contribution in [3.05, 3.63) is 53.1 Å². The van der Waals surface area contributed by atoms with E-state index in [0.717, 1.165) is 41.7 Å². The summed E-state index contributed by atoms with van der Waals surface area (Å²) < 4.78 is 17.5. The first kappa shape index (κ1) is 23.7. The number of fused-ring (bicyclic) bond motifs is 1. The predicted octanol–water partition coefficient (Wildman–Crippen LogP) is 5.45. The summed E-state index contributed by atoms with van der Waals surface area (Å²) in [5, 5.41) is 4.49. The molecule has 0 bridgehead atoms. The van der Waals surface area contributed by atoms with Crippen molar-refractivity contribution >= 4 is 17.3 Å². The zero-order valence-corrected chi connectivity index (χ0v) is 20.9. The van der Waals surface area contributed by atoms with Gasteiger partial charge in [0.2, 0.25) is 0 Å². The molecule has 33 heavy (non-hydrogen) atoms. The van der Waals surface area contributed by atoms with Gasteiger partial charge in [-0.1, -0.05) is 38.3 Å². The van der Waals surface area contributed by atoms with Crippen molar-refractivity contribution in [2.75, 3.05) is 27.4 Å². The van der Waals surface area contributed by atoms with Crippen LogP contribution in [0.1, 0.15) is 61.8 Å². The smallest absolute Gasteiger partial charge is 0.169 e. The fourth-order valence-corrected chi connectivity index (χ4v) is 5.34. The van der Waals surface area contributed by atoms with Crippen molar-refractivity contribution in [2.24, 2.45) is 0 Å². The summed E-state index contributed by atoms with van der Waals surface area (Å²) in [6.07, 6.45) is 8.20. The van der Waals surface area contributed by atoms with E-state index in [1.165, 1.54) is 48.8 Å². The quantitative estimate of drug-likeness (QED) is 0.545. The third-order valence-electron chi connectivity index (χ3n) is 6.94. The van der Waals surface area contributed by atoms with Gasteiger partial charge in [0, 0.05) is 12.6 Å². The lowest BCUT2D eigenvalue weighted by molar-refractivity contribution is 0.185. The van der Waals surface area contributed by atoms with E-state index in [2.05, 4.69) is 53.5 Å². The summed E-state index contributed by atoms with van der Waals surface area (Å²) in [7, 11) is 3.37. The maximum absolute atomic E-state index is 6.30. The Morgan fingerprint density at radius 1 is 1.03 bits per heavy atom. The lowest BCUT2D eigenvalue weighted by Crippen LogP contribution is -2.50. The van der Waals surface area contributed by atoms with Gasteiger partial charge in [-0.25, -0.2) is 0 Å². The Morgan fingerprint density at radius 2 is 1.73 bits per heavy atom. The third kappa shape index (κ3) is 5.55. The third-order valence-corrected chi connectivity index (χ3v) is 7.29. The molecule has 1 heterocycles. The zero-order valence-electron chi connectivity index (χ0n) is 20.1. The number of nitrogens with one attached hydrogen (secondary N) is 1. The van der Waals surface area contributed by atoms with Crippen LogP contribution in [0.3, 0.4) is 0 Å². The zero-order chi connectivity index (χ0) is 23.2. The molecule has 4 rings (SSSR count). The number of thiocarbonyl (C=S) groups is 1. The average molecular weight is 469 g/mol. The number of hydrogen-bond acceptors (Lipinski definition) is 4. The van der Waals surface area contributed by atoms with Gasteiger partial charge in [-0.3, -0.25) is 0 Å². The van der Waals surface area contributed by atoms with Crippen LogP contribution in [0.15, 0.2) is 36.4 Å². The van der Waals surface area contributed by atoms with Crippen LogP contribution in [0.2, 0.25) is 0 Å². The molecule has 0 spiro atoms. The van der Waals surface area contributed by atoms with Crippen LogP contribution in [0.5, 0.6) is 17.2 Å². The van der Waals surface area contributed by atoms with Crippen molar-refractivity contribution in [3.63, 3.8) is 0 Å². The summed E-state index contributed by atoms with van der Waals surface area (Å²) in [5.74, 6) is 2.38. The van der Waals surface area contributed by atoms with Gasteiger partial charge in [0.25, 0.3) is 0 Å². The van der Waals surface area contributed by atoms with Crippen LogP contribution in [0, 0.1) is 0 Å². The molecule has 2 aromatic carbocycles. The van der Waals surface area contributed by atoms with Gasteiger partial charge >= 0.3 is 0 Å². The van der Waals surface area contributed by atoms with E-state index < -0.39 is 0 Å². The van der Waals surface area contributed by atoms with Crippen molar-refractivity contribution < 1.29 is 14.2 Å². The Balaban J connectivity index is 1.58. The second kappa shape index (κ2) is 11.1. The first-order chi connectivity index (χ1) is 16.1. The molecule has 1 N–H and O–H groups in total. The van der Waals surface area contributed by atoms with Gasteiger partial charge in [-0.2, -0.15) is 0 Å². The van der Waals surface area contributed by atoms with Crippen LogP contribution in [-0.2, 0) is 12.8 Å². The van der Waals surface area contributed by atoms with Gasteiger partial charge in [0.1, 0.15) is 12.4 Å². The summed E-state index contributed by atoms with van der Waals surface area (Å²) >= 11 is 5.94. The highest BCUT2D eigenvalue weighted by atomic mass is 32.1.